The van der Waals surface area contributed by atoms with Gasteiger partial charge in [0.15, 0.2) is 11.6 Å². The van der Waals surface area contributed by atoms with Crippen molar-refractivity contribution in [1.29, 1.82) is 0 Å². The monoisotopic (exact) mass is 473 g/mol. The van der Waals surface area contributed by atoms with Gasteiger partial charge in [0.1, 0.15) is 5.82 Å². The number of nitrogens with one attached hydrogen (secondary N) is 2. The first kappa shape index (κ1) is 21.3. The molecule has 2 aliphatic rings. The topological polar surface area (TPSA) is 81.7 Å². The third-order valence-corrected chi connectivity index (χ3v) is 6.09. The van der Waals surface area contributed by atoms with Gasteiger partial charge in [-0.15, -0.1) is 0 Å². The van der Waals surface area contributed by atoms with Crippen molar-refractivity contribution in [3.8, 4) is 0 Å². The van der Waals surface area contributed by atoms with E-state index in [2.05, 4.69) is 10.6 Å². The number of fused-ring (bicyclic) bond motifs is 2. The van der Waals surface area contributed by atoms with Gasteiger partial charge in [0.05, 0.1) is 24.4 Å². The van der Waals surface area contributed by atoms with Gasteiger partial charge in [-0.05, 0) is 36.4 Å². The molecule has 3 amide bonds. The van der Waals surface area contributed by atoms with Crippen LogP contribution in [0.3, 0.4) is 0 Å². The molecule has 0 aliphatic carbocycles. The number of benzene rings is 3. The minimum atomic E-state index is -1.19. The zero-order valence-electron chi connectivity index (χ0n) is 16.7. The number of rotatable bonds is 2. The van der Waals surface area contributed by atoms with Crippen molar-refractivity contribution < 1.29 is 27.9 Å². The smallest absolute Gasteiger partial charge is 0.326 e. The molecule has 3 aromatic carbocycles. The molecular weight excluding hydrogens is 459 g/mol. The summed E-state index contributed by atoms with van der Waals surface area (Å²) in [7, 11) is 0. The zero-order valence-corrected chi connectivity index (χ0v) is 17.5. The molecule has 0 bridgehead atoms. The van der Waals surface area contributed by atoms with Crippen LogP contribution in [0.5, 0.6) is 0 Å². The number of β-amino-alcohol motifs (C(OH)–C–C–N with tert-alkyl or cyclic N) is 1. The summed E-state index contributed by atoms with van der Waals surface area (Å²) < 4.78 is 41.3. The first-order valence-electron chi connectivity index (χ1n) is 9.89. The second-order valence-corrected chi connectivity index (χ2v) is 8.13. The third kappa shape index (κ3) is 3.49. The number of hydrogen-bond donors (Lipinski definition) is 3. The van der Waals surface area contributed by atoms with Crippen molar-refractivity contribution in [2.45, 2.75) is 12.1 Å². The molecule has 0 aromatic heterocycles. The van der Waals surface area contributed by atoms with Crippen LogP contribution in [-0.4, -0.2) is 23.6 Å². The van der Waals surface area contributed by atoms with Gasteiger partial charge in [0.2, 0.25) is 0 Å². The summed E-state index contributed by atoms with van der Waals surface area (Å²) in [5.41, 5.74) is 1.33. The van der Waals surface area contributed by atoms with Crippen LogP contribution in [0.2, 0.25) is 5.02 Å². The van der Waals surface area contributed by atoms with E-state index in [-0.39, 0.29) is 34.1 Å². The van der Waals surface area contributed by atoms with E-state index in [1.165, 1.54) is 18.2 Å². The Morgan fingerprint density at radius 3 is 2.64 bits per heavy atom. The average molecular weight is 474 g/mol. The first-order chi connectivity index (χ1) is 15.7. The molecule has 0 fully saturated rings. The Hall–Kier alpha value is -3.56. The maximum absolute atomic E-state index is 13.9. The molecule has 10 heteroatoms. The lowest BCUT2D eigenvalue weighted by molar-refractivity contribution is 0.0960. The predicted octanol–water partition coefficient (Wildman–Crippen LogP) is 4.68. The molecule has 0 radical (unpaired) electrons. The van der Waals surface area contributed by atoms with Crippen molar-refractivity contribution in [3.63, 3.8) is 0 Å². The number of aliphatic hydroxyl groups is 1. The molecule has 0 spiro atoms. The van der Waals surface area contributed by atoms with Crippen molar-refractivity contribution in [1.82, 2.24) is 5.32 Å². The van der Waals surface area contributed by atoms with Gasteiger partial charge in [-0.3, -0.25) is 9.69 Å². The molecule has 3 aromatic rings. The largest absolute Gasteiger partial charge is 0.386 e. The summed E-state index contributed by atoms with van der Waals surface area (Å²) in [5.74, 6) is -3.26. The summed E-state index contributed by atoms with van der Waals surface area (Å²) in [6, 6.07) is 8.57. The van der Waals surface area contributed by atoms with E-state index in [0.717, 1.165) is 17.0 Å². The van der Waals surface area contributed by atoms with E-state index >= 15 is 0 Å². The molecule has 3 N–H and O–H groups in total. The summed E-state index contributed by atoms with van der Waals surface area (Å²) in [4.78, 5) is 26.7. The number of urea groups is 1. The van der Waals surface area contributed by atoms with Crippen molar-refractivity contribution in [2.75, 3.05) is 16.8 Å². The van der Waals surface area contributed by atoms with Gasteiger partial charge in [-0.1, -0.05) is 17.7 Å². The molecule has 2 atom stereocenters. The zero-order chi connectivity index (χ0) is 23.4. The van der Waals surface area contributed by atoms with Gasteiger partial charge < -0.3 is 15.7 Å². The van der Waals surface area contributed by atoms with Crippen LogP contribution in [0.1, 0.15) is 39.2 Å². The SMILES string of the molecule is O=C1N[C@@H](c2cc(F)ccc2Cl)c2c(NC(=O)N3C[C@@H](O)c4cc(F)c(F)cc43)cccc21. The van der Waals surface area contributed by atoms with E-state index in [9.17, 15) is 27.9 Å². The molecular formula is C23H15ClF3N3O3. The molecule has 2 heterocycles. The van der Waals surface area contributed by atoms with Gasteiger partial charge in [0, 0.05) is 39.0 Å². The fourth-order valence-electron chi connectivity index (χ4n) is 4.23. The van der Waals surface area contributed by atoms with E-state index in [4.69, 9.17) is 11.6 Å². The molecule has 168 valence electrons. The lowest BCUT2D eigenvalue weighted by atomic mass is 9.96. The lowest BCUT2D eigenvalue weighted by Crippen LogP contribution is -2.34. The number of halogens is 4. The Labute approximate surface area is 190 Å². The molecule has 2 aliphatic heterocycles. The van der Waals surface area contributed by atoms with E-state index < -0.39 is 41.5 Å². The number of aliphatic hydroxyl groups excluding tert-OH is 1. The number of anilines is 2. The lowest BCUT2D eigenvalue weighted by Gasteiger charge is -2.21. The quantitative estimate of drug-likeness (QED) is 0.505. The van der Waals surface area contributed by atoms with E-state index in [1.807, 2.05) is 0 Å². The molecule has 5 rings (SSSR count). The van der Waals surface area contributed by atoms with Crippen molar-refractivity contribution in [3.05, 3.63) is 93.3 Å². The maximum atomic E-state index is 13.9. The Morgan fingerprint density at radius 1 is 1.09 bits per heavy atom. The number of nitrogens with zero attached hydrogens (tertiary/aromatic N) is 1. The number of amides is 3. The normalized spacial score (nSPS) is 18.7. The average Bonchev–Trinajstić information content (AvgIpc) is 3.28. The van der Waals surface area contributed by atoms with Gasteiger partial charge in [-0.25, -0.2) is 18.0 Å². The Bertz CT molecular complexity index is 1330. The molecule has 33 heavy (non-hydrogen) atoms. The number of carbonyl (C=O) groups is 2. The fraction of sp³-hybridized carbons (Fsp3) is 0.130. The Morgan fingerprint density at radius 2 is 1.85 bits per heavy atom. The van der Waals surface area contributed by atoms with E-state index in [1.54, 1.807) is 18.2 Å². The second kappa shape index (κ2) is 7.79. The predicted molar refractivity (Wildman–Crippen MR) is 115 cm³/mol. The number of carbonyl (C=O) groups excluding carboxylic acids is 2. The Balaban J connectivity index is 1.52. The first-order valence-corrected chi connectivity index (χ1v) is 10.3. The summed E-state index contributed by atoms with van der Waals surface area (Å²) in [6.07, 6.45) is -1.19. The highest BCUT2D eigenvalue weighted by atomic mass is 35.5. The van der Waals surface area contributed by atoms with Crippen LogP contribution in [0.15, 0.2) is 48.5 Å². The number of hydrogen-bond acceptors (Lipinski definition) is 3. The van der Waals surface area contributed by atoms with Crippen LogP contribution in [0.25, 0.3) is 0 Å². The highest BCUT2D eigenvalue weighted by Crippen LogP contribution is 2.40. The highest BCUT2D eigenvalue weighted by molar-refractivity contribution is 6.31. The molecule has 6 nitrogen and oxygen atoms in total. The molecule has 0 saturated heterocycles. The summed E-state index contributed by atoms with van der Waals surface area (Å²) in [5, 5.41) is 15.8. The molecule has 0 saturated carbocycles. The third-order valence-electron chi connectivity index (χ3n) is 5.75. The van der Waals surface area contributed by atoms with Crippen LogP contribution in [0.4, 0.5) is 29.3 Å². The van der Waals surface area contributed by atoms with Crippen molar-refractivity contribution in [2.24, 2.45) is 0 Å². The van der Waals surface area contributed by atoms with Crippen LogP contribution in [0, 0.1) is 17.5 Å². The van der Waals surface area contributed by atoms with Crippen molar-refractivity contribution >= 4 is 34.9 Å². The summed E-state index contributed by atoms with van der Waals surface area (Å²) >= 11 is 6.24. The van der Waals surface area contributed by atoms with Gasteiger partial charge >= 0.3 is 6.03 Å². The summed E-state index contributed by atoms with van der Waals surface area (Å²) in [6.45, 7) is -0.213. The fourth-order valence-corrected chi connectivity index (χ4v) is 4.46. The van der Waals surface area contributed by atoms with Gasteiger partial charge in [-0.2, -0.15) is 0 Å². The standard InChI is InChI=1S/C23H15ClF3N3O3/c24-14-5-4-10(25)6-12(14)21-20-11(22(32)29-21)2-1-3-17(20)28-23(33)30-9-19(31)13-7-15(26)16(27)8-18(13)30/h1-8,19,21,31H,9H2,(H,28,33)(H,29,32)/t19-,21+/m1/s1. The van der Waals surface area contributed by atoms with E-state index in [0.29, 0.717) is 11.1 Å². The molecule has 0 unspecified atom stereocenters. The second-order valence-electron chi connectivity index (χ2n) is 7.72. The minimum absolute atomic E-state index is 0.0328. The highest BCUT2D eigenvalue weighted by Gasteiger charge is 2.36. The van der Waals surface area contributed by atoms with Crippen LogP contribution < -0.4 is 15.5 Å². The van der Waals surface area contributed by atoms with Crippen LogP contribution >= 0.6 is 11.6 Å². The van der Waals surface area contributed by atoms with Crippen LogP contribution in [-0.2, 0) is 0 Å². The minimum Gasteiger partial charge on any atom is -0.386 e. The Kier molecular flexibility index (Phi) is 5.02. The maximum Gasteiger partial charge on any atom is 0.326 e. The van der Waals surface area contributed by atoms with Gasteiger partial charge in [0.25, 0.3) is 5.91 Å².